The maximum absolute atomic E-state index is 13.3. The summed E-state index contributed by atoms with van der Waals surface area (Å²) in [6.45, 7) is 0.365. The SMILES string of the molecule is O=C(NCCN(C(=O)c1ccc(Cl)cc1)c1ccc(F)cc1)c1ccccc1Cl. The van der Waals surface area contributed by atoms with E-state index < -0.39 is 5.82 Å². The van der Waals surface area contributed by atoms with E-state index in [0.717, 1.165) is 0 Å². The third-order valence-electron chi connectivity index (χ3n) is 4.21. The molecule has 0 heterocycles. The van der Waals surface area contributed by atoms with Gasteiger partial charge in [0.25, 0.3) is 11.8 Å². The van der Waals surface area contributed by atoms with Gasteiger partial charge in [-0.3, -0.25) is 9.59 Å². The molecule has 3 aromatic carbocycles. The largest absolute Gasteiger partial charge is 0.350 e. The Bertz CT molecular complexity index is 1010. The number of carbonyl (C=O) groups excluding carboxylic acids is 2. The smallest absolute Gasteiger partial charge is 0.258 e. The minimum atomic E-state index is -0.403. The van der Waals surface area contributed by atoms with Crippen LogP contribution in [0.5, 0.6) is 0 Å². The van der Waals surface area contributed by atoms with Gasteiger partial charge >= 0.3 is 0 Å². The molecule has 0 aliphatic carbocycles. The van der Waals surface area contributed by atoms with Crippen LogP contribution in [0.15, 0.2) is 72.8 Å². The summed E-state index contributed by atoms with van der Waals surface area (Å²) in [6, 6.07) is 18.8. The number of rotatable bonds is 6. The van der Waals surface area contributed by atoms with Gasteiger partial charge in [-0.1, -0.05) is 35.3 Å². The Kier molecular flexibility index (Phi) is 6.86. The molecule has 0 atom stereocenters. The minimum Gasteiger partial charge on any atom is -0.350 e. The van der Waals surface area contributed by atoms with Crippen molar-refractivity contribution in [2.24, 2.45) is 0 Å². The van der Waals surface area contributed by atoms with E-state index in [1.807, 2.05) is 0 Å². The Balaban J connectivity index is 1.75. The molecule has 0 saturated heterocycles. The number of hydrogen-bond acceptors (Lipinski definition) is 2. The normalized spacial score (nSPS) is 10.4. The van der Waals surface area contributed by atoms with E-state index >= 15 is 0 Å². The van der Waals surface area contributed by atoms with E-state index in [9.17, 15) is 14.0 Å². The minimum absolute atomic E-state index is 0.181. The van der Waals surface area contributed by atoms with Gasteiger partial charge in [0.15, 0.2) is 0 Å². The van der Waals surface area contributed by atoms with Crippen LogP contribution in [0.3, 0.4) is 0 Å². The zero-order valence-electron chi connectivity index (χ0n) is 15.2. The summed E-state index contributed by atoms with van der Waals surface area (Å²) >= 11 is 11.9. The highest BCUT2D eigenvalue weighted by Crippen LogP contribution is 2.19. The van der Waals surface area contributed by atoms with Crippen LogP contribution in [0.25, 0.3) is 0 Å². The number of nitrogens with one attached hydrogen (secondary N) is 1. The lowest BCUT2D eigenvalue weighted by atomic mass is 10.1. The second-order valence-corrected chi connectivity index (χ2v) is 7.02. The Morgan fingerprint density at radius 3 is 2.21 bits per heavy atom. The van der Waals surface area contributed by atoms with E-state index in [2.05, 4.69) is 5.32 Å². The topological polar surface area (TPSA) is 49.4 Å². The first-order valence-electron chi connectivity index (χ1n) is 8.81. The fraction of sp³-hybridized carbons (Fsp3) is 0.0909. The molecule has 2 amide bonds. The van der Waals surface area contributed by atoms with Crippen LogP contribution in [0.4, 0.5) is 10.1 Å². The molecule has 0 saturated carbocycles. The molecule has 4 nitrogen and oxygen atoms in total. The van der Waals surface area contributed by atoms with Crippen molar-refractivity contribution in [1.29, 1.82) is 0 Å². The van der Waals surface area contributed by atoms with Crippen molar-refractivity contribution in [3.63, 3.8) is 0 Å². The fourth-order valence-electron chi connectivity index (χ4n) is 2.74. The molecule has 29 heavy (non-hydrogen) atoms. The molecule has 0 aromatic heterocycles. The van der Waals surface area contributed by atoms with Gasteiger partial charge in [0.1, 0.15) is 5.82 Å². The summed E-state index contributed by atoms with van der Waals surface area (Å²) < 4.78 is 13.3. The van der Waals surface area contributed by atoms with E-state index in [1.54, 1.807) is 48.5 Å². The standard InChI is InChI=1S/C22H17Cl2FN2O2/c23-16-7-5-15(6-8-16)22(29)27(18-11-9-17(25)10-12-18)14-13-26-21(28)19-3-1-2-4-20(19)24/h1-12H,13-14H2,(H,26,28). The quantitative estimate of drug-likeness (QED) is 0.583. The second-order valence-electron chi connectivity index (χ2n) is 6.18. The first-order chi connectivity index (χ1) is 14.0. The molecule has 7 heteroatoms. The number of hydrogen-bond donors (Lipinski definition) is 1. The van der Waals surface area contributed by atoms with Crippen molar-refractivity contribution in [2.45, 2.75) is 0 Å². The molecular weight excluding hydrogens is 414 g/mol. The lowest BCUT2D eigenvalue weighted by Gasteiger charge is -2.23. The Hall–Kier alpha value is -2.89. The summed E-state index contributed by atoms with van der Waals surface area (Å²) in [4.78, 5) is 26.8. The van der Waals surface area contributed by atoms with Crippen LogP contribution in [0.1, 0.15) is 20.7 Å². The predicted octanol–water partition coefficient (Wildman–Crippen LogP) is 5.21. The van der Waals surface area contributed by atoms with Crippen molar-refractivity contribution < 1.29 is 14.0 Å². The van der Waals surface area contributed by atoms with Crippen molar-refractivity contribution in [3.8, 4) is 0 Å². The van der Waals surface area contributed by atoms with Crippen LogP contribution in [-0.2, 0) is 0 Å². The summed E-state index contributed by atoms with van der Waals surface area (Å²) in [5.74, 6) is -1.03. The van der Waals surface area contributed by atoms with Gasteiger partial charge in [-0.15, -0.1) is 0 Å². The lowest BCUT2D eigenvalue weighted by Crippen LogP contribution is -2.38. The van der Waals surface area contributed by atoms with Crippen molar-refractivity contribution in [1.82, 2.24) is 5.32 Å². The summed E-state index contributed by atoms with van der Waals surface area (Å²) in [5.41, 5.74) is 1.29. The van der Waals surface area contributed by atoms with Crippen LogP contribution in [-0.4, -0.2) is 24.9 Å². The average molecular weight is 431 g/mol. The molecular formula is C22H17Cl2FN2O2. The maximum Gasteiger partial charge on any atom is 0.258 e. The predicted molar refractivity (Wildman–Crippen MR) is 113 cm³/mol. The zero-order chi connectivity index (χ0) is 20.8. The summed E-state index contributed by atoms with van der Waals surface area (Å²) in [7, 11) is 0. The van der Waals surface area contributed by atoms with Crippen LogP contribution >= 0.6 is 23.2 Å². The van der Waals surface area contributed by atoms with Crippen LogP contribution in [0.2, 0.25) is 10.0 Å². The first kappa shape index (κ1) is 20.8. The summed E-state index contributed by atoms with van der Waals surface area (Å²) in [5, 5.41) is 3.62. The first-order valence-corrected chi connectivity index (χ1v) is 9.57. The monoisotopic (exact) mass is 430 g/mol. The van der Waals surface area contributed by atoms with Gasteiger partial charge < -0.3 is 10.2 Å². The van der Waals surface area contributed by atoms with E-state index in [0.29, 0.717) is 26.9 Å². The third kappa shape index (κ3) is 5.34. The second kappa shape index (κ2) is 9.54. The van der Waals surface area contributed by atoms with Gasteiger partial charge in [-0.25, -0.2) is 4.39 Å². The van der Waals surface area contributed by atoms with E-state index in [-0.39, 0.29) is 24.9 Å². The molecule has 0 radical (unpaired) electrons. The molecule has 1 N–H and O–H groups in total. The van der Waals surface area contributed by atoms with Gasteiger partial charge in [0.2, 0.25) is 0 Å². The van der Waals surface area contributed by atoms with Gasteiger partial charge in [-0.05, 0) is 60.7 Å². The average Bonchev–Trinajstić information content (AvgIpc) is 2.72. The highest BCUT2D eigenvalue weighted by Gasteiger charge is 2.18. The van der Waals surface area contributed by atoms with Gasteiger partial charge in [-0.2, -0.15) is 0 Å². The van der Waals surface area contributed by atoms with Crippen molar-refractivity contribution >= 4 is 40.7 Å². The third-order valence-corrected chi connectivity index (χ3v) is 4.80. The Labute approximate surface area is 177 Å². The molecule has 0 bridgehead atoms. The Morgan fingerprint density at radius 2 is 1.55 bits per heavy atom. The number of amides is 2. The van der Waals surface area contributed by atoms with Crippen molar-refractivity contribution in [3.05, 3.63) is 99.8 Å². The highest BCUT2D eigenvalue weighted by molar-refractivity contribution is 6.33. The molecule has 0 aliphatic rings. The molecule has 0 fully saturated rings. The lowest BCUT2D eigenvalue weighted by molar-refractivity contribution is 0.0943. The van der Waals surface area contributed by atoms with E-state index in [1.165, 1.54) is 29.2 Å². The number of anilines is 1. The van der Waals surface area contributed by atoms with Gasteiger partial charge in [0.05, 0.1) is 10.6 Å². The van der Waals surface area contributed by atoms with E-state index in [4.69, 9.17) is 23.2 Å². The molecule has 0 unspecified atom stereocenters. The van der Waals surface area contributed by atoms with Crippen LogP contribution < -0.4 is 10.2 Å². The zero-order valence-corrected chi connectivity index (χ0v) is 16.8. The molecule has 148 valence electrons. The molecule has 0 aliphatic heterocycles. The number of benzene rings is 3. The molecule has 3 aromatic rings. The number of halogens is 3. The van der Waals surface area contributed by atoms with Gasteiger partial charge in [0, 0.05) is 29.4 Å². The highest BCUT2D eigenvalue weighted by atomic mass is 35.5. The fourth-order valence-corrected chi connectivity index (χ4v) is 3.09. The Morgan fingerprint density at radius 1 is 0.897 bits per heavy atom. The molecule has 3 rings (SSSR count). The van der Waals surface area contributed by atoms with Crippen molar-refractivity contribution in [2.75, 3.05) is 18.0 Å². The molecule has 0 spiro atoms. The van der Waals surface area contributed by atoms with Crippen LogP contribution in [0, 0.1) is 5.82 Å². The maximum atomic E-state index is 13.3. The summed E-state index contributed by atoms with van der Waals surface area (Å²) in [6.07, 6.45) is 0. The number of nitrogens with zero attached hydrogens (tertiary/aromatic N) is 1. The number of carbonyl (C=O) groups is 2.